The number of nitro benzene ring substituents is 1. The van der Waals surface area contributed by atoms with Gasteiger partial charge in [0.25, 0.3) is 17.5 Å². The second-order valence-corrected chi connectivity index (χ2v) is 8.58. The molecule has 8 heteroatoms. The van der Waals surface area contributed by atoms with Crippen LogP contribution in [0.4, 0.5) is 11.4 Å². The number of nitrogens with one attached hydrogen (secondary N) is 1. The maximum Gasteiger partial charge on any atom is 0.270 e. The molecular weight excluding hydrogens is 470 g/mol. The minimum atomic E-state index is -0.606. The SMILES string of the molecule is O=C(Nc1ccc(C(=O)N2[C@H](C(=O)c3ccccc3)[C@H]2c2ccccc2)cc1)c1cccc([N+](=O)[O-])c1. The van der Waals surface area contributed by atoms with Gasteiger partial charge in [-0.2, -0.15) is 0 Å². The number of rotatable bonds is 7. The number of anilines is 1. The van der Waals surface area contributed by atoms with Crippen LogP contribution in [0.3, 0.4) is 0 Å². The topological polar surface area (TPSA) is 109 Å². The second-order valence-electron chi connectivity index (χ2n) is 8.58. The van der Waals surface area contributed by atoms with E-state index in [1.54, 1.807) is 53.4 Å². The Morgan fingerprint density at radius 1 is 0.730 bits per heavy atom. The molecule has 0 saturated carbocycles. The van der Waals surface area contributed by atoms with Crippen molar-refractivity contribution in [2.45, 2.75) is 12.1 Å². The summed E-state index contributed by atoms with van der Waals surface area (Å²) in [7, 11) is 0. The van der Waals surface area contributed by atoms with Gasteiger partial charge in [-0.15, -0.1) is 0 Å². The molecule has 2 atom stereocenters. The van der Waals surface area contributed by atoms with E-state index in [1.165, 1.54) is 24.3 Å². The van der Waals surface area contributed by atoms with Gasteiger partial charge in [-0.3, -0.25) is 24.5 Å². The van der Waals surface area contributed by atoms with Gasteiger partial charge in [0.2, 0.25) is 0 Å². The summed E-state index contributed by atoms with van der Waals surface area (Å²) in [5.74, 6) is -0.922. The van der Waals surface area contributed by atoms with E-state index in [2.05, 4.69) is 5.32 Å². The van der Waals surface area contributed by atoms with E-state index in [1.807, 2.05) is 36.4 Å². The monoisotopic (exact) mass is 491 g/mol. The maximum absolute atomic E-state index is 13.4. The molecule has 1 heterocycles. The normalized spacial score (nSPS) is 16.1. The molecule has 4 aromatic carbocycles. The van der Waals surface area contributed by atoms with Crippen molar-refractivity contribution in [3.8, 4) is 0 Å². The number of benzene rings is 4. The first-order chi connectivity index (χ1) is 17.9. The molecule has 0 aromatic heterocycles. The number of ketones is 1. The summed E-state index contributed by atoms with van der Waals surface area (Å²) in [4.78, 5) is 51.2. The van der Waals surface area contributed by atoms with Crippen LogP contribution in [-0.4, -0.2) is 33.5 Å². The Morgan fingerprint density at radius 3 is 2.00 bits per heavy atom. The first kappa shape index (κ1) is 23.6. The number of amides is 2. The molecule has 5 rings (SSSR count). The van der Waals surface area contributed by atoms with Crippen molar-refractivity contribution in [2.24, 2.45) is 0 Å². The zero-order valence-electron chi connectivity index (χ0n) is 19.5. The fourth-order valence-corrected chi connectivity index (χ4v) is 4.33. The highest BCUT2D eigenvalue weighted by Crippen LogP contribution is 2.46. The summed E-state index contributed by atoms with van der Waals surface area (Å²) in [6.45, 7) is 0. The summed E-state index contributed by atoms with van der Waals surface area (Å²) in [6.07, 6.45) is 0. The van der Waals surface area contributed by atoms with E-state index < -0.39 is 16.9 Å². The predicted octanol–water partition coefficient (Wildman–Crippen LogP) is 5.30. The molecule has 182 valence electrons. The van der Waals surface area contributed by atoms with Crippen molar-refractivity contribution in [3.05, 3.63) is 142 Å². The molecule has 37 heavy (non-hydrogen) atoms. The maximum atomic E-state index is 13.4. The van der Waals surface area contributed by atoms with Gasteiger partial charge in [0.1, 0.15) is 6.04 Å². The lowest BCUT2D eigenvalue weighted by Crippen LogP contribution is -2.19. The summed E-state index contributed by atoms with van der Waals surface area (Å²) < 4.78 is 0. The van der Waals surface area contributed by atoms with Gasteiger partial charge in [-0.1, -0.05) is 66.7 Å². The fourth-order valence-electron chi connectivity index (χ4n) is 4.33. The number of hydrogen-bond acceptors (Lipinski definition) is 5. The second kappa shape index (κ2) is 9.87. The van der Waals surface area contributed by atoms with E-state index in [9.17, 15) is 24.5 Å². The highest BCUT2D eigenvalue weighted by atomic mass is 16.6. The zero-order chi connectivity index (χ0) is 25.9. The first-order valence-electron chi connectivity index (χ1n) is 11.6. The average molecular weight is 492 g/mol. The Bertz CT molecular complexity index is 1490. The van der Waals surface area contributed by atoms with Crippen molar-refractivity contribution < 1.29 is 19.3 Å². The molecular formula is C29H21N3O5. The minimum Gasteiger partial charge on any atom is -0.322 e. The summed E-state index contributed by atoms with van der Waals surface area (Å²) >= 11 is 0. The molecule has 1 N–H and O–H groups in total. The Hall–Kier alpha value is -5.11. The third-order valence-electron chi connectivity index (χ3n) is 6.22. The molecule has 0 unspecified atom stereocenters. The van der Waals surface area contributed by atoms with Crippen LogP contribution >= 0.6 is 0 Å². The summed E-state index contributed by atoms with van der Waals surface area (Å²) in [6, 6.07) is 29.1. The lowest BCUT2D eigenvalue weighted by Gasteiger charge is -2.08. The zero-order valence-corrected chi connectivity index (χ0v) is 19.5. The Labute approximate surface area is 212 Å². The first-order valence-corrected chi connectivity index (χ1v) is 11.6. The van der Waals surface area contributed by atoms with Crippen LogP contribution in [0.5, 0.6) is 0 Å². The molecule has 4 aromatic rings. The highest BCUT2D eigenvalue weighted by Gasteiger charge is 2.56. The number of carbonyl (C=O) groups is 3. The van der Waals surface area contributed by atoms with Crippen LogP contribution in [0, 0.1) is 10.1 Å². The highest BCUT2D eigenvalue weighted by molar-refractivity contribution is 6.09. The van der Waals surface area contributed by atoms with Gasteiger partial charge in [-0.25, -0.2) is 0 Å². The summed E-state index contributed by atoms with van der Waals surface area (Å²) in [5.41, 5.74) is 2.19. The lowest BCUT2D eigenvalue weighted by molar-refractivity contribution is -0.384. The molecule has 1 aliphatic rings. The molecule has 0 spiro atoms. The Morgan fingerprint density at radius 2 is 1.35 bits per heavy atom. The van der Waals surface area contributed by atoms with Crippen LogP contribution in [-0.2, 0) is 0 Å². The van der Waals surface area contributed by atoms with E-state index in [0.29, 0.717) is 16.8 Å². The van der Waals surface area contributed by atoms with E-state index in [0.717, 1.165) is 5.56 Å². The number of nitro groups is 1. The van der Waals surface area contributed by atoms with E-state index >= 15 is 0 Å². The number of nitrogens with zero attached hydrogens (tertiary/aromatic N) is 2. The fraction of sp³-hybridized carbons (Fsp3) is 0.0690. The van der Waals surface area contributed by atoms with Crippen LogP contribution in [0.25, 0.3) is 0 Å². The van der Waals surface area contributed by atoms with E-state index in [4.69, 9.17) is 0 Å². The average Bonchev–Trinajstić information content (AvgIpc) is 3.69. The molecule has 0 radical (unpaired) electrons. The van der Waals surface area contributed by atoms with Crippen molar-refractivity contribution >= 4 is 29.0 Å². The number of hydrogen-bond donors (Lipinski definition) is 1. The Kier molecular flexibility index (Phi) is 6.30. The van der Waals surface area contributed by atoms with Crippen LogP contribution in [0.15, 0.2) is 109 Å². The molecule has 8 nitrogen and oxygen atoms in total. The van der Waals surface area contributed by atoms with Gasteiger partial charge in [0.15, 0.2) is 5.78 Å². The van der Waals surface area contributed by atoms with Crippen LogP contribution in [0.1, 0.15) is 42.7 Å². The molecule has 0 aliphatic carbocycles. The van der Waals surface area contributed by atoms with Gasteiger partial charge in [0, 0.05) is 34.5 Å². The number of carbonyl (C=O) groups excluding carboxylic acids is 3. The van der Waals surface area contributed by atoms with Gasteiger partial charge < -0.3 is 10.2 Å². The van der Waals surface area contributed by atoms with Gasteiger partial charge in [0.05, 0.1) is 11.0 Å². The van der Waals surface area contributed by atoms with Crippen molar-refractivity contribution in [1.29, 1.82) is 0 Å². The predicted molar refractivity (Wildman–Crippen MR) is 137 cm³/mol. The molecule has 1 aliphatic heterocycles. The van der Waals surface area contributed by atoms with Crippen molar-refractivity contribution in [3.63, 3.8) is 0 Å². The standard InChI is InChI=1S/C29H21N3O5/c33-27(20-10-5-2-6-11-20)26-25(19-8-3-1-4-9-19)31(26)29(35)21-14-16-23(17-15-21)30-28(34)22-12-7-13-24(18-22)32(36)37/h1-18,25-26H,(H,30,34)/t25-,26+,31?/m1/s1. The molecule has 0 bridgehead atoms. The number of Topliss-reactive ketones (excluding diaryl/α,β-unsaturated/α-hetero) is 1. The third kappa shape index (κ3) is 4.85. The quantitative estimate of drug-likeness (QED) is 0.163. The molecule has 1 fully saturated rings. The third-order valence-corrected chi connectivity index (χ3v) is 6.22. The van der Waals surface area contributed by atoms with Crippen LogP contribution < -0.4 is 5.32 Å². The van der Waals surface area contributed by atoms with Gasteiger partial charge in [-0.05, 0) is 35.9 Å². The smallest absolute Gasteiger partial charge is 0.270 e. The van der Waals surface area contributed by atoms with Crippen LogP contribution in [0.2, 0.25) is 0 Å². The van der Waals surface area contributed by atoms with Gasteiger partial charge >= 0.3 is 0 Å². The largest absolute Gasteiger partial charge is 0.322 e. The lowest BCUT2D eigenvalue weighted by atomic mass is 10.0. The van der Waals surface area contributed by atoms with Crippen molar-refractivity contribution in [2.75, 3.05) is 5.32 Å². The molecule has 2 amide bonds. The number of non-ortho nitro benzene ring substituents is 1. The van der Waals surface area contributed by atoms with Crippen molar-refractivity contribution in [1.82, 2.24) is 4.90 Å². The summed E-state index contributed by atoms with van der Waals surface area (Å²) in [5, 5.41) is 13.6. The van der Waals surface area contributed by atoms with E-state index in [-0.39, 0.29) is 29.0 Å². The Balaban J connectivity index is 1.34. The minimum absolute atomic E-state index is 0.122. The molecule has 1 saturated heterocycles.